The molecule has 4 heterocycles. The summed E-state index contributed by atoms with van der Waals surface area (Å²) >= 11 is 0. The van der Waals surface area contributed by atoms with Gasteiger partial charge in [0.2, 0.25) is 5.91 Å². The second kappa shape index (κ2) is 7.67. The number of anilines is 2. The summed E-state index contributed by atoms with van der Waals surface area (Å²) < 4.78 is 0. The number of fused-ring (bicyclic) bond motifs is 1. The average molecular weight is 443 g/mol. The third kappa shape index (κ3) is 3.34. The Morgan fingerprint density at radius 3 is 2.73 bits per heavy atom. The molecule has 1 aromatic carbocycles. The lowest BCUT2D eigenvalue weighted by atomic mass is 9.78. The van der Waals surface area contributed by atoms with Crippen LogP contribution in [0.4, 0.5) is 11.6 Å². The van der Waals surface area contributed by atoms with Crippen LogP contribution in [0.2, 0.25) is 0 Å². The van der Waals surface area contributed by atoms with Crippen LogP contribution < -0.4 is 16.0 Å². The minimum absolute atomic E-state index is 0.226. The van der Waals surface area contributed by atoms with Gasteiger partial charge in [-0.05, 0) is 43.5 Å². The summed E-state index contributed by atoms with van der Waals surface area (Å²) in [6, 6.07) is 9.69. The van der Waals surface area contributed by atoms with Crippen molar-refractivity contribution in [2.45, 2.75) is 26.4 Å². The number of carbonyl (C=O) groups is 1. The maximum atomic E-state index is 12.5. The summed E-state index contributed by atoms with van der Waals surface area (Å²) in [5.41, 5.74) is 9.22. The van der Waals surface area contributed by atoms with Crippen LogP contribution in [0.25, 0.3) is 10.8 Å². The van der Waals surface area contributed by atoms with E-state index in [9.17, 15) is 10.1 Å². The van der Waals surface area contributed by atoms with Crippen LogP contribution in [-0.2, 0) is 4.79 Å². The van der Waals surface area contributed by atoms with Gasteiger partial charge >= 0.3 is 0 Å². The second-order valence-electron chi connectivity index (χ2n) is 9.09. The van der Waals surface area contributed by atoms with E-state index in [1.807, 2.05) is 44.0 Å². The number of hydrogen-bond acceptors (Lipinski definition) is 8. The van der Waals surface area contributed by atoms with Gasteiger partial charge in [0.15, 0.2) is 5.82 Å². The van der Waals surface area contributed by atoms with Crippen molar-refractivity contribution in [1.82, 2.24) is 20.1 Å². The van der Waals surface area contributed by atoms with Gasteiger partial charge in [0.1, 0.15) is 12.0 Å². The first-order valence-electron chi connectivity index (χ1n) is 11.0. The predicted molar refractivity (Wildman–Crippen MR) is 125 cm³/mol. The minimum Gasteiger partial charge on any atom is -0.354 e. The quantitative estimate of drug-likeness (QED) is 0.590. The fourth-order valence-corrected chi connectivity index (χ4v) is 4.91. The number of nitrogens with two attached hydrogens (primary N) is 1. The monoisotopic (exact) mass is 442 g/mol. The van der Waals surface area contributed by atoms with Crippen LogP contribution in [0.15, 0.2) is 30.5 Å². The summed E-state index contributed by atoms with van der Waals surface area (Å²) in [4.78, 5) is 21.1. The van der Waals surface area contributed by atoms with Gasteiger partial charge in [-0.25, -0.2) is 4.98 Å². The van der Waals surface area contributed by atoms with E-state index in [-0.39, 0.29) is 11.3 Å². The number of aryl methyl sites for hydroxylation is 1. The molecule has 0 unspecified atom stereocenters. The molecule has 0 bridgehead atoms. The van der Waals surface area contributed by atoms with E-state index in [1.165, 1.54) is 0 Å². The van der Waals surface area contributed by atoms with Crippen molar-refractivity contribution in [2.75, 3.05) is 36.9 Å². The number of nitrogens with one attached hydrogen (secondary N) is 1. The van der Waals surface area contributed by atoms with Gasteiger partial charge < -0.3 is 20.9 Å². The molecule has 2 fully saturated rings. The van der Waals surface area contributed by atoms with Crippen molar-refractivity contribution in [3.63, 3.8) is 0 Å². The molecule has 5 rings (SSSR count). The minimum atomic E-state index is -0.561. The Morgan fingerprint density at radius 2 is 2.03 bits per heavy atom. The number of aromatic nitrogens is 3. The Hall–Kier alpha value is -3.77. The molecular formula is C24H26N8O. The van der Waals surface area contributed by atoms with Crippen LogP contribution in [0.3, 0.4) is 0 Å². The van der Waals surface area contributed by atoms with Crippen LogP contribution in [0, 0.1) is 30.6 Å². The van der Waals surface area contributed by atoms with Gasteiger partial charge in [-0.15, -0.1) is 5.10 Å². The standard InChI is InChI=1S/C24H26N8O/c1-14-16(10-25)5-4-6-17(14)21(26)28-22-18-9-20(27-11-19(18)15(2)29-30-22)32-12-24(13-32)7-8-31(3)23(24)33/h4-6,9,11,21H,7-8,12-13,26H2,1-3H3,(H,28,30)/t21-/m0/s1. The van der Waals surface area contributed by atoms with Crippen molar-refractivity contribution in [3.8, 4) is 6.07 Å². The highest BCUT2D eigenvalue weighted by atomic mass is 16.2. The molecule has 0 saturated carbocycles. The lowest BCUT2D eigenvalue weighted by Gasteiger charge is -2.47. The fourth-order valence-electron chi connectivity index (χ4n) is 4.91. The van der Waals surface area contributed by atoms with E-state index < -0.39 is 6.17 Å². The van der Waals surface area contributed by atoms with Crippen LogP contribution in [-0.4, -0.2) is 52.7 Å². The van der Waals surface area contributed by atoms with Crippen LogP contribution in [0.5, 0.6) is 0 Å². The van der Waals surface area contributed by atoms with Gasteiger partial charge in [-0.3, -0.25) is 4.79 Å². The summed E-state index contributed by atoms with van der Waals surface area (Å²) in [5.74, 6) is 1.59. The number of hydrogen-bond donors (Lipinski definition) is 2. The zero-order chi connectivity index (χ0) is 23.3. The molecule has 0 aliphatic carbocycles. The van der Waals surface area contributed by atoms with Crippen molar-refractivity contribution in [2.24, 2.45) is 11.1 Å². The van der Waals surface area contributed by atoms with Crippen molar-refractivity contribution in [3.05, 3.63) is 52.8 Å². The molecule has 2 aliphatic heterocycles. The van der Waals surface area contributed by atoms with Crippen molar-refractivity contribution < 1.29 is 4.79 Å². The Bertz CT molecular complexity index is 1310. The fraction of sp³-hybridized carbons (Fsp3) is 0.375. The maximum absolute atomic E-state index is 12.5. The zero-order valence-corrected chi connectivity index (χ0v) is 19.0. The summed E-state index contributed by atoms with van der Waals surface area (Å²) in [6.45, 7) is 5.94. The van der Waals surface area contributed by atoms with Crippen molar-refractivity contribution in [1.29, 1.82) is 5.26 Å². The van der Waals surface area contributed by atoms with E-state index in [2.05, 4.69) is 31.5 Å². The second-order valence-corrected chi connectivity index (χ2v) is 9.09. The Labute approximate surface area is 192 Å². The smallest absolute Gasteiger partial charge is 0.232 e. The number of nitriles is 1. The summed E-state index contributed by atoms with van der Waals surface area (Å²) in [7, 11) is 1.87. The highest BCUT2D eigenvalue weighted by Crippen LogP contribution is 2.42. The first-order valence-corrected chi connectivity index (χ1v) is 11.0. The molecule has 3 N–H and O–H groups in total. The number of pyridine rings is 1. The van der Waals surface area contributed by atoms with E-state index in [1.54, 1.807) is 12.3 Å². The third-order valence-corrected chi connectivity index (χ3v) is 7.00. The average Bonchev–Trinajstić information content (AvgIpc) is 3.09. The van der Waals surface area contributed by atoms with Gasteiger partial charge in [-0.1, -0.05) is 12.1 Å². The third-order valence-electron chi connectivity index (χ3n) is 7.00. The van der Waals surface area contributed by atoms with E-state index in [0.29, 0.717) is 24.5 Å². The largest absolute Gasteiger partial charge is 0.354 e. The number of carbonyl (C=O) groups excluding carboxylic acids is 1. The Kier molecular flexibility index (Phi) is 4.91. The zero-order valence-electron chi connectivity index (χ0n) is 19.0. The first-order chi connectivity index (χ1) is 15.8. The topological polar surface area (TPSA) is 124 Å². The van der Waals surface area contributed by atoms with Gasteiger partial charge in [0.05, 0.1) is 22.7 Å². The molecule has 168 valence electrons. The molecule has 2 aliphatic rings. The molecule has 2 saturated heterocycles. The lowest BCUT2D eigenvalue weighted by Crippen LogP contribution is -2.60. The van der Waals surface area contributed by atoms with E-state index in [4.69, 9.17) is 5.73 Å². The highest BCUT2D eigenvalue weighted by Gasteiger charge is 2.54. The molecule has 2 aromatic heterocycles. The van der Waals surface area contributed by atoms with Gasteiger partial charge in [0.25, 0.3) is 0 Å². The predicted octanol–water partition coefficient (Wildman–Crippen LogP) is 2.25. The Morgan fingerprint density at radius 1 is 1.24 bits per heavy atom. The molecule has 9 heteroatoms. The SMILES string of the molecule is Cc1c(C#N)cccc1[C@@H](N)Nc1nnc(C)c2cnc(N3CC4(CCN(C)C4=O)C3)cc12. The number of benzene rings is 1. The van der Waals surface area contributed by atoms with Crippen LogP contribution >= 0.6 is 0 Å². The number of amides is 1. The summed E-state index contributed by atoms with van der Waals surface area (Å²) in [5, 5.41) is 23.0. The molecule has 1 amide bonds. The molecule has 9 nitrogen and oxygen atoms in total. The Balaban J connectivity index is 1.45. The van der Waals surface area contributed by atoms with Crippen LogP contribution in [0.1, 0.15) is 35.0 Å². The number of likely N-dealkylation sites (tertiary alicyclic amines) is 1. The molecule has 3 aromatic rings. The molecule has 33 heavy (non-hydrogen) atoms. The van der Waals surface area contributed by atoms with Crippen molar-refractivity contribution >= 4 is 28.3 Å². The van der Waals surface area contributed by atoms with E-state index >= 15 is 0 Å². The lowest BCUT2D eigenvalue weighted by molar-refractivity contribution is -0.136. The van der Waals surface area contributed by atoms with E-state index in [0.717, 1.165) is 46.4 Å². The first kappa shape index (κ1) is 21.1. The van der Waals surface area contributed by atoms with Gasteiger partial charge in [-0.2, -0.15) is 10.4 Å². The molecule has 0 radical (unpaired) electrons. The molecule has 1 atom stereocenters. The number of rotatable bonds is 4. The molecular weight excluding hydrogens is 416 g/mol. The highest BCUT2D eigenvalue weighted by molar-refractivity contribution is 5.95. The summed E-state index contributed by atoms with van der Waals surface area (Å²) in [6.07, 6.45) is 2.13. The maximum Gasteiger partial charge on any atom is 0.232 e. The molecule has 1 spiro atoms. The normalized spacial score (nSPS) is 17.8. The van der Waals surface area contributed by atoms with Gasteiger partial charge in [0, 0.05) is 43.7 Å². The number of nitrogens with zero attached hydrogens (tertiary/aromatic N) is 6.